The van der Waals surface area contributed by atoms with Crippen LogP contribution in [0, 0.1) is 12.3 Å². The van der Waals surface area contributed by atoms with Gasteiger partial charge < -0.3 is 20.3 Å². The molecule has 0 unspecified atom stereocenters. The normalized spacial score (nSPS) is 9.35. The Kier molecular flexibility index (Phi) is 4.57. The summed E-state index contributed by atoms with van der Waals surface area (Å²) in [6, 6.07) is -0.360. The van der Waals surface area contributed by atoms with Gasteiger partial charge in [0.15, 0.2) is 5.69 Å². The SMILES string of the molecule is C#CCNC(=O)NCCn1cnc(C(=O)O)c1. The van der Waals surface area contributed by atoms with Crippen LogP contribution in [-0.4, -0.2) is 39.7 Å². The van der Waals surface area contributed by atoms with Gasteiger partial charge >= 0.3 is 12.0 Å². The molecule has 0 aromatic carbocycles. The molecule has 0 saturated heterocycles. The van der Waals surface area contributed by atoms with Gasteiger partial charge in [0, 0.05) is 19.3 Å². The third kappa shape index (κ3) is 4.25. The van der Waals surface area contributed by atoms with E-state index in [0.717, 1.165) is 0 Å². The summed E-state index contributed by atoms with van der Waals surface area (Å²) < 4.78 is 1.57. The Morgan fingerprint density at radius 3 is 2.88 bits per heavy atom. The molecule has 0 fully saturated rings. The first-order valence-corrected chi connectivity index (χ1v) is 4.83. The van der Waals surface area contributed by atoms with E-state index in [0.29, 0.717) is 13.1 Å². The van der Waals surface area contributed by atoms with Gasteiger partial charge in [-0.1, -0.05) is 5.92 Å². The van der Waals surface area contributed by atoms with Crippen molar-refractivity contribution in [2.75, 3.05) is 13.1 Å². The molecule has 0 atom stereocenters. The largest absolute Gasteiger partial charge is 0.476 e. The van der Waals surface area contributed by atoms with Crippen LogP contribution in [0.2, 0.25) is 0 Å². The zero-order chi connectivity index (χ0) is 12.7. The van der Waals surface area contributed by atoms with E-state index in [1.807, 2.05) is 0 Å². The predicted octanol–water partition coefficient (Wildman–Crippen LogP) is -0.486. The van der Waals surface area contributed by atoms with E-state index in [1.54, 1.807) is 4.57 Å². The lowest BCUT2D eigenvalue weighted by molar-refractivity contribution is 0.0691. The number of urea groups is 1. The fraction of sp³-hybridized carbons (Fsp3) is 0.300. The second kappa shape index (κ2) is 6.17. The number of carbonyl (C=O) groups excluding carboxylic acids is 1. The average molecular weight is 236 g/mol. The number of amides is 2. The number of carboxylic acids is 1. The number of terminal acetylenes is 1. The standard InChI is InChI=1S/C10H12N4O3/c1-2-3-11-10(17)12-4-5-14-6-8(9(15)16)13-7-14/h1,6-7H,3-5H2,(H,15,16)(H2,11,12,17). The quantitative estimate of drug-likeness (QED) is 0.601. The minimum Gasteiger partial charge on any atom is -0.476 e. The summed E-state index contributed by atoms with van der Waals surface area (Å²) >= 11 is 0. The number of aromatic carboxylic acids is 1. The van der Waals surface area contributed by atoms with Crippen LogP contribution in [0.4, 0.5) is 4.79 Å². The summed E-state index contributed by atoms with van der Waals surface area (Å²) in [5.74, 6) is 1.19. The maximum atomic E-state index is 11.1. The third-order valence-electron chi connectivity index (χ3n) is 1.86. The summed E-state index contributed by atoms with van der Waals surface area (Å²) in [5.41, 5.74) is -0.0261. The Morgan fingerprint density at radius 1 is 1.53 bits per heavy atom. The molecule has 17 heavy (non-hydrogen) atoms. The molecular formula is C10H12N4O3. The van der Waals surface area contributed by atoms with Crippen LogP contribution in [-0.2, 0) is 6.54 Å². The van der Waals surface area contributed by atoms with Crippen molar-refractivity contribution in [3.63, 3.8) is 0 Å². The Balaban J connectivity index is 2.29. The maximum Gasteiger partial charge on any atom is 0.356 e. The number of hydrogen-bond acceptors (Lipinski definition) is 3. The summed E-state index contributed by atoms with van der Waals surface area (Å²) in [6.45, 7) is 0.954. The van der Waals surface area contributed by atoms with Crippen LogP contribution in [0.1, 0.15) is 10.5 Å². The first kappa shape index (κ1) is 12.6. The van der Waals surface area contributed by atoms with E-state index < -0.39 is 5.97 Å². The number of nitrogens with zero attached hydrogens (tertiary/aromatic N) is 2. The van der Waals surface area contributed by atoms with Crippen molar-refractivity contribution >= 4 is 12.0 Å². The van der Waals surface area contributed by atoms with E-state index >= 15 is 0 Å². The highest BCUT2D eigenvalue weighted by atomic mass is 16.4. The minimum atomic E-state index is -1.08. The zero-order valence-electron chi connectivity index (χ0n) is 9.01. The van der Waals surface area contributed by atoms with E-state index in [4.69, 9.17) is 11.5 Å². The van der Waals surface area contributed by atoms with Crippen molar-refractivity contribution in [3.05, 3.63) is 18.2 Å². The highest BCUT2D eigenvalue weighted by Crippen LogP contribution is 1.95. The van der Waals surface area contributed by atoms with Gasteiger partial charge in [0.25, 0.3) is 0 Å². The second-order valence-corrected chi connectivity index (χ2v) is 3.12. The summed E-state index contributed by atoms with van der Waals surface area (Å²) in [7, 11) is 0. The second-order valence-electron chi connectivity index (χ2n) is 3.12. The van der Waals surface area contributed by atoms with Gasteiger partial charge in [-0.25, -0.2) is 14.6 Å². The van der Waals surface area contributed by atoms with E-state index in [1.165, 1.54) is 12.5 Å². The Morgan fingerprint density at radius 2 is 2.29 bits per heavy atom. The fourth-order valence-electron chi connectivity index (χ4n) is 1.09. The molecule has 0 bridgehead atoms. The molecule has 2 amide bonds. The number of hydrogen-bond donors (Lipinski definition) is 3. The summed E-state index contributed by atoms with van der Waals surface area (Å²) in [5, 5.41) is 13.6. The van der Waals surface area contributed by atoms with Crippen LogP contribution in [0.5, 0.6) is 0 Å². The molecule has 0 spiro atoms. The van der Waals surface area contributed by atoms with Gasteiger partial charge in [-0.15, -0.1) is 6.42 Å². The lowest BCUT2D eigenvalue weighted by Crippen LogP contribution is -2.37. The monoisotopic (exact) mass is 236 g/mol. The van der Waals surface area contributed by atoms with Crippen LogP contribution in [0.15, 0.2) is 12.5 Å². The average Bonchev–Trinajstić information content (AvgIpc) is 2.75. The molecule has 1 heterocycles. The van der Waals surface area contributed by atoms with Gasteiger partial charge in [0.1, 0.15) is 0 Å². The predicted molar refractivity (Wildman–Crippen MR) is 59.4 cm³/mol. The summed E-state index contributed by atoms with van der Waals surface area (Å²) in [4.78, 5) is 25.3. The van der Waals surface area contributed by atoms with Crippen LogP contribution in [0.3, 0.4) is 0 Å². The Bertz CT molecular complexity index is 447. The molecule has 3 N–H and O–H groups in total. The highest BCUT2D eigenvalue weighted by Gasteiger charge is 2.06. The molecule has 7 heteroatoms. The molecule has 0 aliphatic carbocycles. The van der Waals surface area contributed by atoms with Gasteiger partial charge in [-0.05, 0) is 0 Å². The zero-order valence-corrected chi connectivity index (χ0v) is 9.01. The van der Waals surface area contributed by atoms with Crippen molar-refractivity contribution < 1.29 is 14.7 Å². The van der Waals surface area contributed by atoms with Gasteiger partial charge in [0.2, 0.25) is 0 Å². The fourth-order valence-corrected chi connectivity index (χ4v) is 1.09. The van der Waals surface area contributed by atoms with Crippen molar-refractivity contribution in [2.24, 2.45) is 0 Å². The number of carbonyl (C=O) groups is 2. The smallest absolute Gasteiger partial charge is 0.356 e. The third-order valence-corrected chi connectivity index (χ3v) is 1.86. The van der Waals surface area contributed by atoms with E-state index in [-0.39, 0.29) is 18.3 Å². The molecule has 7 nitrogen and oxygen atoms in total. The van der Waals surface area contributed by atoms with Gasteiger partial charge in [-0.2, -0.15) is 0 Å². The first-order valence-electron chi connectivity index (χ1n) is 4.83. The Hall–Kier alpha value is -2.49. The molecule has 1 aromatic rings. The number of carboxylic acid groups (broad SMARTS) is 1. The molecule has 0 radical (unpaired) electrons. The van der Waals surface area contributed by atoms with Crippen LogP contribution in [0.25, 0.3) is 0 Å². The number of imidazole rings is 1. The lowest BCUT2D eigenvalue weighted by Gasteiger charge is -2.05. The summed E-state index contributed by atoms with van der Waals surface area (Å²) in [6.07, 6.45) is 7.75. The van der Waals surface area contributed by atoms with Crippen molar-refractivity contribution in [2.45, 2.75) is 6.54 Å². The Labute approximate surface area is 97.8 Å². The van der Waals surface area contributed by atoms with E-state index in [2.05, 4.69) is 21.5 Å². The number of aromatic nitrogens is 2. The molecule has 0 saturated carbocycles. The van der Waals surface area contributed by atoms with Gasteiger partial charge in [0.05, 0.1) is 12.9 Å². The van der Waals surface area contributed by atoms with Crippen molar-refractivity contribution in [1.82, 2.24) is 20.2 Å². The topological polar surface area (TPSA) is 96.3 Å². The molecule has 90 valence electrons. The van der Waals surface area contributed by atoms with Gasteiger partial charge in [-0.3, -0.25) is 0 Å². The maximum absolute atomic E-state index is 11.1. The molecule has 0 aliphatic rings. The molecule has 1 rings (SSSR count). The molecular weight excluding hydrogens is 224 g/mol. The van der Waals surface area contributed by atoms with Crippen LogP contribution < -0.4 is 10.6 Å². The lowest BCUT2D eigenvalue weighted by atomic mass is 10.5. The van der Waals surface area contributed by atoms with E-state index in [9.17, 15) is 9.59 Å². The van der Waals surface area contributed by atoms with Crippen LogP contribution >= 0.6 is 0 Å². The number of nitrogens with one attached hydrogen (secondary N) is 2. The molecule has 1 aromatic heterocycles. The highest BCUT2D eigenvalue weighted by molar-refractivity contribution is 5.84. The minimum absolute atomic E-state index is 0.0261. The molecule has 0 aliphatic heterocycles. The van der Waals surface area contributed by atoms with Crippen molar-refractivity contribution in [3.8, 4) is 12.3 Å². The van der Waals surface area contributed by atoms with Crippen molar-refractivity contribution in [1.29, 1.82) is 0 Å². The number of rotatable bonds is 5. The first-order chi connectivity index (χ1) is 8.13.